The summed E-state index contributed by atoms with van der Waals surface area (Å²) in [5, 5.41) is 3.26. The van der Waals surface area contributed by atoms with Crippen molar-refractivity contribution >= 4 is 27.6 Å². The molecule has 19 heavy (non-hydrogen) atoms. The van der Waals surface area contributed by atoms with Gasteiger partial charge in [-0.15, -0.1) is 0 Å². The SMILES string of the molecule is CCNc1ncnc(N2CCCC(C)(C)CC2)c1Br. The fourth-order valence-electron chi connectivity index (χ4n) is 2.51. The van der Waals surface area contributed by atoms with Crippen LogP contribution < -0.4 is 10.2 Å². The van der Waals surface area contributed by atoms with Crippen LogP contribution in [0, 0.1) is 5.41 Å². The quantitative estimate of drug-likeness (QED) is 0.919. The Labute approximate surface area is 124 Å². The summed E-state index contributed by atoms with van der Waals surface area (Å²) >= 11 is 3.64. The van der Waals surface area contributed by atoms with Crippen molar-refractivity contribution in [1.82, 2.24) is 9.97 Å². The average Bonchev–Trinajstić information content (AvgIpc) is 2.53. The van der Waals surface area contributed by atoms with Crippen LogP contribution in [0.1, 0.15) is 40.0 Å². The number of hydrogen-bond donors (Lipinski definition) is 1. The Morgan fingerprint density at radius 3 is 2.84 bits per heavy atom. The molecule has 4 nitrogen and oxygen atoms in total. The van der Waals surface area contributed by atoms with Crippen LogP contribution in [0.3, 0.4) is 0 Å². The van der Waals surface area contributed by atoms with Crippen LogP contribution in [-0.2, 0) is 0 Å². The van der Waals surface area contributed by atoms with Gasteiger partial charge in [0, 0.05) is 19.6 Å². The van der Waals surface area contributed by atoms with E-state index in [9.17, 15) is 0 Å². The van der Waals surface area contributed by atoms with Gasteiger partial charge in [0.25, 0.3) is 0 Å². The van der Waals surface area contributed by atoms with Gasteiger partial charge in [0.1, 0.15) is 22.4 Å². The number of anilines is 2. The highest BCUT2D eigenvalue weighted by atomic mass is 79.9. The van der Waals surface area contributed by atoms with Crippen molar-refractivity contribution in [2.45, 2.75) is 40.0 Å². The summed E-state index contributed by atoms with van der Waals surface area (Å²) < 4.78 is 0.983. The highest BCUT2D eigenvalue weighted by molar-refractivity contribution is 9.10. The molecule has 2 heterocycles. The van der Waals surface area contributed by atoms with E-state index in [0.29, 0.717) is 5.41 Å². The average molecular weight is 327 g/mol. The van der Waals surface area contributed by atoms with Crippen molar-refractivity contribution in [3.8, 4) is 0 Å². The Morgan fingerprint density at radius 1 is 1.32 bits per heavy atom. The number of aromatic nitrogens is 2. The van der Waals surface area contributed by atoms with E-state index in [1.807, 2.05) is 0 Å². The van der Waals surface area contributed by atoms with Gasteiger partial charge in [-0.05, 0) is 47.5 Å². The second kappa shape index (κ2) is 6.07. The fourth-order valence-corrected chi connectivity index (χ4v) is 3.10. The Morgan fingerprint density at radius 2 is 2.11 bits per heavy atom. The molecule has 1 saturated heterocycles. The number of nitrogens with zero attached hydrogens (tertiary/aromatic N) is 3. The minimum atomic E-state index is 0.443. The summed E-state index contributed by atoms with van der Waals surface area (Å²) in [6.45, 7) is 9.79. The number of halogens is 1. The summed E-state index contributed by atoms with van der Waals surface area (Å²) in [6.07, 6.45) is 5.36. The van der Waals surface area contributed by atoms with E-state index in [2.05, 4.69) is 56.9 Å². The Hall–Kier alpha value is -0.840. The topological polar surface area (TPSA) is 41.1 Å². The summed E-state index contributed by atoms with van der Waals surface area (Å²) in [6, 6.07) is 0. The molecule has 1 aromatic heterocycles. The van der Waals surface area contributed by atoms with Gasteiger partial charge in [-0.2, -0.15) is 0 Å². The molecular weight excluding hydrogens is 304 g/mol. The molecule has 1 N–H and O–H groups in total. The Kier molecular flexibility index (Phi) is 4.66. The molecule has 2 rings (SSSR count). The van der Waals surface area contributed by atoms with E-state index in [-0.39, 0.29) is 0 Å². The van der Waals surface area contributed by atoms with E-state index in [4.69, 9.17) is 0 Å². The van der Waals surface area contributed by atoms with Gasteiger partial charge in [0.2, 0.25) is 0 Å². The zero-order chi connectivity index (χ0) is 13.9. The zero-order valence-corrected chi connectivity index (χ0v) is 13.6. The van der Waals surface area contributed by atoms with Crippen LogP contribution >= 0.6 is 15.9 Å². The van der Waals surface area contributed by atoms with Crippen molar-refractivity contribution in [3.05, 3.63) is 10.8 Å². The molecule has 1 aliphatic heterocycles. The Bertz CT molecular complexity index is 433. The normalized spacial score (nSPS) is 19.1. The van der Waals surface area contributed by atoms with E-state index < -0.39 is 0 Å². The third-order valence-electron chi connectivity index (χ3n) is 3.75. The maximum Gasteiger partial charge on any atom is 0.148 e. The lowest BCUT2D eigenvalue weighted by Gasteiger charge is -2.25. The minimum Gasteiger partial charge on any atom is -0.369 e. The van der Waals surface area contributed by atoms with Gasteiger partial charge in [-0.25, -0.2) is 9.97 Å². The molecule has 5 heteroatoms. The summed E-state index contributed by atoms with van der Waals surface area (Å²) in [7, 11) is 0. The van der Waals surface area contributed by atoms with Crippen LogP contribution in [0.5, 0.6) is 0 Å². The smallest absolute Gasteiger partial charge is 0.148 e. The van der Waals surface area contributed by atoms with Crippen molar-refractivity contribution in [2.75, 3.05) is 29.9 Å². The van der Waals surface area contributed by atoms with Gasteiger partial charge in [-0.1, -0.05) is 13.8 Å². The van der Waals surface area contributed by atoms with Gasteiger partial charge >= 0.3 is 0 Å². The zero-order valence-electron chi connectivity index (χ0n) is 12.0. The summed E-state index contributed by atoms with van der Waals surface area (Å²) in [5.41, 5.74) is 0.443. The van der Waals surface area contributed by atoms with Gasteiger partial charge in [0.05, 0.1) is 0 Å². The number of hydrogen-bond acceptors (Lipinski definition) is 4. The standard InChI is InChI=1S/C14H23BrN4/c1-4-16-12-11(15)13(18-10-17-12)19-8-5-6-14(2,3)7-9-19/h10H,4-9H2,1-3H3,(H,16,17,18). The third kappa shape index (κ3) is 3.59. The molecule has 1 aliphatic rings. The third-order valence-corrected chi connectivity index (χ3v) is 4.49. The summed E-state index contributed by atoms with van der Waals surface area (Å²) in [5.74, 6) is 1.90. The molecule has 0 bridgehead atoms. The first-order valence-electron chi connectivity index (χ1n) is 7.03. The number of rotatable bonds is 3. The van der Waals surface area contributed by atoms with Crippen LogP contribution in [0.15, 0.2) is 10.8 Å². The van der Waals surface area contributed by atoms with Crippen molar-refractivity contribution in [3.63, 3.8) is 0 Å². The Balaban J connectivity index is 2.19. The predicted molar refractivity (Wildman–Crippen MR) is 83.7 cm³/mol. The van der Waals surface area contributed by atoms with Gasteiger partial charge in [0.15, 0.2) is 0 Å². The molecule has 0 unspecified atom stereocenters. The molecular formula is C14H23BrN4. The van der Waals surface area contributed by atoms with Crippen LogP contribution in [-0.4, -0.2) is 29.6 Å². The lowest BCUT2D eigenvalue weighted by molar-refractivity contribution is 0.325. The molecule has 106 valence electrons. The fraction of sp³-hybridized carbons (Fsp3) is 0.714. The second-order valence-corrected chi connectivity index (χ2v) is 6.69. The molecule has 0 saturated carbocycles. The lowest BCUT2D eigenvalue weighted by atomic mass is 9.85. The highest BCUT2D eigenvalue weighted by Crippen LogP contribution is 2.34. The molecule has 0 amide bonds. The maximum absolute atomic E-state index is 4.46. The first kappa shape index (κ1) is 14.6. The number of nitrogens with one attached hydrogen (secondary N) is 1. The highest BCUT2D eigenvalue weighted by Gasteiger charge is 2.25. The van der Waals surface area contributed by atoms with Crippen LogP contribution in [0.4, 0.5) is 11.6 Å². The van der Waals surface area contributed by atoms with Crippen molar-refractivity contribution in [1.29, 1.82) is 0 Å². The predicted octanol–water partition coefficient (Wildman–Crippen LogP) is 3.69. The molecule has 0 spiro atoms. The molecule has 0 aromatic carbocycles. The van der Waals surface area contributed by atoms with E-state index in [1.54, 1.807) is 6.33 Å². The van der Waals surface area contributed by atoms with Crippen molar-refractivity contribution in [2.24, 2.45) is 5.41 Å². The molecule has 0 atom stereocenters. The van der Waals surface area contributed by atoms with E-state index in [0.717, 1.165) is 35.7 Å². The minimum absolute atomic E-state index is 0.443. The maximum atomic E-state index is 4.46. The largest absolute Gasteiger partial charge is 0.369 e. The van der Waals surface area contributed by atoms with Crippen molar-refractivity contribution < 1.29 is 0 Å². The first-order valence-corrected chi connectivity index (χ1v) is 7.82. The lowest BCUT2D eigenvalue weighted by Crippen LogP contribution is -2.26. The van der Waals surface area contributed by atoms with E-state index >= 15 is 0 Å². The molecule has 0 radical (unpaired) electrons. The van der Waals surface area contributed by atoms with E-state index in [1.165, 1.54) is 19.3 Å². The monoisotopic (exact) mass is 326 g/mol. The summed E-state index contributed by atoms with van der Waals surface area (Å²) in [4.78, 5) is 11.1. The molecule has 0 aliphatic carbocycles. The molecule has 1 aromatic rings. The van der Waals surface area contributed by atoms with Crippen LogP contribution in [0.25, 0.3) is 0 Å². The van der Waals surface area contributed by atoms with Gasteiger partial charge in [-0.3, -0.25) is 0 Å². The van der Waals surface area contributed by atoms with Crippen LogP contribution in [0.2, 0.25) is 0 Å². The second-order valence-electron chi connectivity index (χ2n) is 5.90. The van der Waals surface area contributed by atoms with Gasteiger partial charge < -0.3 is 10.2 Å². The first-order chi connectivity index (χ1) is 9.03. The molecule has 1 fully saturated rings.